The Labute approximate surface area is 151 Å². The number of aliphatic imine (C=N–C) groups is 1. The predicted molar refractivity (Wildman–Crippen MR) is 101 cm³/mol. The van der Waals surface area contributed by atoms with E-state index in [0.717, 1.165) is 69.5 Å². The molecule has 0 unspecified atom stereocenters. The molecule has 1 aromatic rings. The van der Waals surface area contributed by atoms with Gasteiger partial charge in [0.1, 0.15) is 0 Å². The minimum atomic E-state index is 0.356. The van der Waals surface area contributed by atoms with Crippen LogP contribution in [0.3, 0.4) is 0 Å². The fourth-order valence-corrected chi connectivity index (χ4v) is 2.96. The Morgan fingerprint density at radius 3 is 2.80 bits per heavy atom. The molecule has 2 rings (SSSR count). The lowest BCUT2D eigenvalue weighted by atomic mass is 10.1. The van der Waals surface area contributed by atoms with Crippen LogP contribution in [0.25, 0.3) is 0 Å². The number of hydrogen-bond donors (Lipinski definition) is 1. The predicted octanol–water partition coefficient (Wildman–Crippen LogP) is 2.37. The normalized spacial score (nSPS) is 16.3. The largest absolute Gasteiger partial charge is 0.385 e. The van der Waals surface area contributed by atoms with E-state index in [2.05, 4.69) is 22.1 Å². The minimum absolute atomic E-state index is 0.356. The maximum Gasteiger partial charge on any atom is 0.194 e. The second-order valence-corrected chi connectivity index (χ2v) is 6.34. The molecule has 1 fully saturated rings. The van der Waals surface area contributed by atoms with Gasteiger partial charge in [-0.05, 0) is 45.2 Å². The number of ether oxygens (including phenoxy) is 2. The van der Waals surface area contributed by atoms with Gasteiger partial charge in [-0.1, -0.05) is 6.07 Å². The zero-order valence-corrected chi connectivity index (χ0v) is 15.8. The minimum Gasteiger partial charge on any atom is -0.385 e. The topological polar surface area (TPSA) is 59.0 Å². The van der Waals surface area contributed by atoms with E-state index in [-0.39, 0.29) is 0 Å². The van der Waals surface area contributed by atoms with Gasteiger partial charge in [0.25, 0.3) is 0 Å². The molecule has 1 N–H and O–H groups in total. The molecule has 0 aromatic carbocycles. The molecule has 140 valence electrons. The van der Waals surface area contributed by atoms with Crippen LogP contribution in [0.5, 0.6) is 0 Å². The Morgan fingerprint density at radius 1 is 1.32 bits per heavy atom. The second kappa shape index (κ2) is 11.1. The summed E-state index contributed by atoms with van der Waals surface area (Å²) in [6.07, 6.45) is 3.40. The van der Waals surface area contributed by atoms with Crippen LogP contribution in [0.4, 0.5) is 0 Å². The number of aromatic nitrogens is 1. The molecule has 6 heteroatoms. The Kier molecular flexibility index (Phi) is 8.69. The average molecular weight is 348 g/mol. The monoisotopic (exact) mass is 348 g/mol. The van der Waals surface area contributed by atoms with Crippen LogP contribution in [0.15, 0.2) is 23.2 Å². The highest BCUT2D eigenvalue weighted by molar-refractivity contribution is 5.80. The first-order valence-electron chi connectivity index (χ1n) is 9.29. The smallest absolute Gasteiger partial charge is 0.194 e. The molecule has 25 heavy (non-hydrogen) atoms. The van der Waals surface area contributed by atoms with Gasteiger partial charge in [0.2, 0.25) is 0 Å². The number of pyridine rings is 1. The van der Waals surface area contributed by atoms with Crippen molar-refractivity contribution in [1.82, 2.24) is 15.2 Å². The number of guanidine groups is 1. The molecule has 1 aromatic heterocycles. The van der Waals surface area contributed by atoms with E-state index in [1.165, 1.54) is 0 Å². The van der Waals surface area contributed by atoms with Gasteiger partial charge in [-0.2, -0.15) is 0 Å². The first kappa shape index (κ1) is 19.7. The molecule has 1 aliphatic heterocycles. The van der Waals surface area contributed by atoms with Crippen LogP contribution in [0.1, 0.15) is 37.6 Å². The van der Waals surface area contributed by atoms with E-state index < -0.39 is 0 Å². The molecule has 0 amide bonds. The molecule has 0 spiro atoms. The second-order valence-electron chi connectivity index (χ2n) is 6.34. The fourth-order valence-electron chi connectivity index (χ4n) is 2.96. The zero-order chi connectivity index (χ0) is 17.9. The number of aryl methyl sites for hydroxylation is 1. The van der Waals surface area contributed by atoms with E-state index in [1.807, 2.05) is 25.1 Å². The van der Waals surface area contributed by atoms with E-state index in [4.69, 9.17) is 14.5 Å². The zero-order valence-electron chi connectivity index (χ0n) is 15.8. The summed E-state index contributed by atoms with van der Waals surface area (Å²) >= 11 is 0. The van der Waals surface area contributed by atoms with Gasteiger partial charge in [-0.3, -0.25) is 4.98 Å². The summed E-state index contributed by atoms with van der Waals surface area (Å²) < 4.78 is 11.0. The number of nitrogens with one attached hydrogen (secondary N) is 1. The standard InChI is InChI=1S/C19H32N4O2/c1-4-20-19(21-15-17-8-5-7-16(2)22-17)23-11-9-18(10-12-23)25-14-6-13-24-3/h5,7-8,18H,4,6,9-15H2,1-3H3,(H,20,21). The third kappa shape index (κ3) is 7.00. The van der Waals surface area contributed by atoms with Crippen LogP contribution in [-0.2, 0) is 16.0 Å². The summed E-state index contributed by atoms with van der Waals surface area (Å²) in [7, 11) is 1.73. The molecule has 0 saturated carbocycles. The van der Waals surface area contributed by atoms with Crippen molar-refractivity contribution >= 4 is 5.96 Å². The SMILES string of the molecule is CCNC(=NCc1cccc(C)n1)N1CCC(OCCCOC)CC1. The average Bonchev–Trinajstić information content (AvgIpc) is 2.63. The maximum absolute atomic E-state index is 5.94. The van der Waals surface area contributed by atoms with Gasteiger partial charge in [0.05, 0.1) is 18.3 Å². The van der Waals surface area contributed by atoms with Gasteiger partial charge in [-0.15, -0.1) is 0 Å². The highest BCUT2D eigenvalue weighted by Crippen LogP contribution is 2.14. The number of nitrogens with zero attached hydrogens (tertiary/aromatic N) is 3. The molecule has 0 atom stereocenters. The summed E-state index contributed by atoms with van der Waals surface area (Å²) in [6.45, 7) is 9.09. The van der Waals surface area contributed by atoms with E-state index in [9.17, 15) is 0 Å². The van der Waals surface area contributed by atoms with Gasteiger partial charge in [0.15, 0.2) is 5.96 Å². The van der Waals surface area contributed by atoms with Crippen LogP contribution in [0, 0.1) is 6.92 Å². The van der Waals surface area contributed by atoms with Crippen molar-refractivity contribution in [1.29, 1.82) is 0 Å². The molecule has 2 heterocycles. The summed E-state index contributed by atoms with van der Waals surface area (Å²) in [6, 6.07) is 6.07. The quantitative estimate of drug-likeness (QED) is 0.444. The molecular formula is C19H32N4O2. The lowest BCUT2D eigenvalue weighted by Crippen LogP contribution is -2.47. The lowest BCUT2D eigenvalue weighted by molar-refractivity contribution is 0.00990. The van der Waals surface area contributed by atoms with E-state index in [0.29, 0.717) is 12.6 Å². The highest BCUT2D eigenvalue weighted by atomic mass is 16.5. The van der Waals surface area contributed by atoms with Crippen molar-refractivity contribution in [2.24, 2.45) is 4.99 Å². The lowest BCUT2D eigenvalue weighted by Gasteiger charge is -2.34. The fraction of sp³-hybridized carbons (Fsp3) is 0.684. The summed E-state index contributed by atoms with van der Waals surface area (Å²) in [5, 5.41) is 3.40. The Morgan fingerprint density at radius 2 is 2.12 bits per heavy atom. The molecular weight excluding hydrogens is 316 g/mol. The third-order valence-corrected chi connectivity index (χ3v) is 4.26. The summed E-state index contributed by atoms with van der Waals surface area (Å²) in [5.74, 6) is 0.976. The van der Waals surface area contributed by atoms with Crippen molar-refractivity contribution in [3.63, 3.8) is 0 Å². The molecule has 0 bridgehead atoms. The van der Waals surface area contributed by atoms with E-state index >= 15 is 0 Å². The first-order chi connectivity index (χ1) is 12.2. The molecule has 1 saturated heterocycles. The third-order valence-electron chi connectivity index (χ3n) is 4.26. The van der Waals surface area contributed by atoms with Crippen LogP contribution < -0.4 is 5.32 Å². The molecule has 1 aliphatic rings. The van der Waals surface area contributed by atoms with Gasteiger partial charge < -0.3 is 19.7 Å². The van der Waals surface area contributed by atoms with Crippen molar-refractivity contribution in [3.8, 4) is 0 Å². The van der Waals surface area contributed by atoms with Gasteiger partial charge >= 0.3 is 0 Å². The number of hydrogen-bond acceptors (Lipinski definition) is 4. The van der Waals surface area contributed by atoms with Gasteiger partial charge in [0, 0.05) is 45.7 Å². The first-order valence-corrected chi connectivity index (χ1v) is 9.29. The number of rotatable bonds is 8. The number of piperidine rings is 1. The Bertz CT molecular complexity index is 528. The summed E-state index contributed by atoms with van der Waals surface area (Å²) in [4.78, 5) is 11.6. The van der Waals surface area contributed by atoms with E-state index in [1.54, 1.807) is 7.11 Å². The van der Waals surface area contributed by atoms with Crippen molar-refractivity contribution in [3.05, 3.63) is 29.6 Å². The van der Waals surface area contributed by atoms with Crippen LogP contribution in [0.2, 0.25) is 0 Å². The van der Waals surface area contributed by atoms with Crippen LogP contribution >= 0.6 is 0 Å². The molecule has 0 aliphatic carbocycles. The van der Waals surface area contributed by atoms with Crippen molar-refractivity contribution < 1.29 is 9.47 Å². The Balaban J connectivity index is 1.83. The van der Waals surface area contributed by atoms with Crippen molar-refractivity contribution in [2.75, 3.05) is 40.0 Å². The van der Waals surface area contributed by atoms with Gasteiger partial charge in [-0.25, -0.2) is 4.99 Å². The highest BCUT2D eigenvalue weighted by Gasteiger charge is 2.21. The summed E-state index contributed by atoms with van der Waals surface area (Å²) in [5.41, 5.74) is 2.04. The maximum atomic E-state index is 5.94. The Hall–Kier alpha value is -1.66. The molecule has 0 radical (unpaired) electrons. The van der Waals surface area contributed by atoms with Crippen molar-refractivity contribution in [2.45, 2.75) is 45.8 Å². The number of likely N-dealkylation sites (tertiary alicyclic amines) is 1. The number of methoxy groups -OCH3 is 1. The molecule has 6 nitrogen and oxygen atoms in total. The van der Waals surface area contributed by atoms with Crippen LogP contribution in [-0.4, -0.2) is 61.9 Å².